The molecule has 0 aliphatic rings. The molecule has 0 aliphatic carbocycles. The van der Waals surface area contributed by atoms with E-state index in [9.17, 15) is 13.6 Å². The fourth-order valence-corrected chi connectivity index (χ4v) is 3.65. The minimum atomic E-state index is -0.387. The number of thioether (sulfide) groups is 1. The summed E-state index contributed by atoms with van der Waals surface area (Å²) in [6.07, 6.45) is 0. The van der Waals surface area contributed by atoms with E-state index in [4.69, 9.17) is 0 Å². The maximum Gasteiger partial charge on any atom is 0.196 e. The van der Waals surface area contributed by atoms with Crippen molar-refractivity contribution in [1.82, 2.24) is 14.8 Å². The predicted molar refractivity (Wildman–Crippen MR) is 108 cm³/mol. The second kappa shape index (κ2) is 8.36. The minimum absolute atomic E-state index is 0.125. The van der Waals surface area contributed by atoms with Crippen LogP contribution in [0.15, 0.2) is 84.0 Å². The van der Waals surface area contributed by atoms with Crippen molar-refractivity contribution in [3.05, 3.63) is 96.1 Å². The molecule has 0 spiro atoms. The number of benzene rings is 3. The van der Waals surface area contributed by atoms with Crippen molar-refractivity contribution >= 4 is 17.5 Å². The van der Waals surface area contributed by atoms with E-state index < -0.39 is 0 Å². The number of Topliss-reactive ketones (excluding diaryl/α,β-unsaturated/α-hetero) is 1. The summed E-state index contributed by atoms with van der Waals surface area (Å²) in [4.78, 5) is 12.4. The van der Waals surface area contributed by atoms with Gasteiger partial charge in [0.25, 0.3) is 0 Å². The number of aromatic nitrogens is 3. The lowest BCUT2D eigenvalue weighted by molar-refractivity contribution is 0.102. The third-order valence-electron chi connectivity index (χ3n) is 4.25. The van der Waals surface area contributed by atoms with Gasteiger partial charge in [0.1, 0.15) is 11.6 Å². The molecular formula is C22H15F2N3OS. The Balaban J connectivity index is 1.65. The molecule has 0 saturated carbocycles. The first-order valence-corrected chi connectivity index (χ1v) is 9.79. The van der Waals surface area contributed by atoms with Crippen LogP contribution in [0, 0.1) is 11.6 Å². The molecule has 3 aromatic carbocycles. The van der Waals surface area contributed by atoms with E-state index in [1.807, 2.05) is 34.9 Å². The van der Waals surface area contributed by atoms with E-state index in [1.54, 1.807) is 12.1 Å². The molecule has 4 aromatic rings. The first-order chi connectivity index (χ1) is 14.1. The molecule has 0 saturated heterocycles. The predicted octanol–water partition coefficient (Wildman–Crippen LogP) is 5.19. The van der Waals surface area contributed by atoms with Crippen LogP contribution < -0.4 is 0 Å². The second-order valence-electron chi connectivity index (χ2n) is 6.20. The molecular weight excluding hydrogens is 392 g/mol. The molecule has 7 heteroatoms. The van der Waals surface area contributed by atoms with Gasteiger partial charge in [-0.2, -0.15) is 0 Å². The molecule has 0 radical (unpaired) electrons. The number of hydrogen-bond acceptors (Lipinski definition) is 4. The summed E-state index contributed by atoms with van der Waals surface area (Å²) in [6.45, 7) is 0. The Morgan fingerprint density at radius 2 is 1.45 bits per heavy atom. The second-order valence-corrected chi connectivity index (χ2v) is 7.15. The highest BCUT2D eigenvalue weighted by Gasteiger charge is 2.17. The number of nitrogens with zero attached hydrogens (tertiary/aromatic N) is 3. The zero-order valence-corrected chi connectivity index (χ0v) is 15.9. The number of carbonyl (C=O) groups excluding carboxylic acids is 1. The van der Waals surface area contributed by atoms with Crippen LogP contribution in [0.2, 0.25) is 0 Å². The van der Waals surface area contributed by atoms with E-state index in [1.165, 1.54) is 48.2 Å². The van der Waals surface area contributed by atoms with Crippen LogP contribution in [0.3, 0.4) is 0 Å². The molecule has 1 aromatic heterocycles. The standard InChI is InChI=1S/C22H15F2N3OS/c23-17-10-6-15(7-11-17)20(28)14-29-22-26-25-21(16-8-12-18(24)13-9-16)27(22)19-4-2-1-3-5-19/h1-13H,14H2. The van der Waals surface area contributed by atoms with E-state index in [2.05, 4.69) is 10.2 Å². The smallest absolute Gasteiger partial charge is 0.196 e. The molecule has 0 aliphatic heterocycles. The molecule has 144 valence electrons. The van der Waals surface area contributed by atoms with Crippen molar-refractivity contribution in [2.75, 3.05) is 5.75 Å². The van der Waals surface area contributed by atoms with E-state index in [-0.39, 0.29) is 23.2 Å². The summed E-state index contributed by atoms with van der Waals surface area (Å²) in [5.74, 6) is -0.185. The Morgan fingerprint density at radius 3 is 2.10 bits per heavy atom. The van der Waals surface area contributed by atoms with Crippen LogP contribution in [0.5, 0.6) is 0 Å². The van der Waals surface area contributed by atoms with Crippen LogP contribution in [0.1, 0.15) is 10.4 Å². The molecule has 0 atom stereocenters. The van der Waals surface area contributed by atoms with Gasteiger partial charge in [-0.1, -0.05) is 30.0 Å². The Hall–Kier alpha value is -3.32. The molecule has 0 unspecified atom stereocenters. The topological polar surface area (TPSA) is 47.8 Å². The zero-order chi connectivity index (χ0) is 20.2. The largest absolute Gasteiger partial charge is 0.293 e. The van der Waals surface area contributed by atoms with Gasteiger partial charge in [-0.05, 0) is 60.7 Å². The van der Waals surface area contributed by atoms with Gasteiger partial charge in [-0.15, -0.1) is 10.2 Å². The summed E-state index contributed by atoms with van der Waals surface area (Å²) in [7, 11) is 0. The van der Waals surface area contributed by atoms with Gasteiger partial charge in [0, 0.05) is 16.8 Å². The maximum absolute atomic E-state index is 13.3. The van der Waals surface area contributed by atoms with E-state index in [0.717, 1.165) is 5.69 Å². The number of rotatable bonds is 6. The molecule has 1 heterocycles. The van der Waals surface area contributed by atoms with Crippen LogP contribution in [-0.2, 0) is 0 Å². The van der Waals surface area contributed by atoms with Crippen LogP contribution >= 0.6 is 11.8 Å². The highest BCUT2D eigenvalue weighted by molar-refractivity contribution is 7.99. The normalized spacial score (nSPS) is 10.8. The zero-order valence-electron chi connectivity index (χ0n) is 15.1. The third-order valence-corrected chi connectivity index (χ3v) is 5.18. The summed E-state index contributed by atoms with van der Waals surface area (Å²) in [5, 5.41) is 9.04. The Labute approximate surface area is 170 Å². The van der Waals surface area contributed by atoms with Gasteiger partial charge < -0.3 is 0 Å². The molecule has 29 heavy (non-hydrogen) atoms. The summed E-state index contributed by atoms with van der Waals surface area (Å²) >= 11 is 1.24. The van der Waals surface area contributed by atoms with Gasteiger partial charge >= 0.3 is 0 Å². The average Bonchev–Trinajstić information content (AvgIpc) is 3.17. The Morgan fingerprint density at radius 1 is 0.828 bits per heavy atom. The molecule has 0 fully saturated rings. The van der Waals surface area contributed by atoms with Crippen molar-refractivity contribution in [2.45, 2.75) is 5.16 Å². The maximum atomic E-state index is 13.3. The third kappa shape index (κ3) is 4.25. The molecule has 0 N–H and O–H groups in total. The lowest BCUT2D eigenvalue weighted by atomic mass is 10.1. The first-order valence-electron chi connectivity index (χ1n) is 8.80. The van der Waals surface area contributed by atoms with Crippen molar-refractivity contribution in [3.8, 4) is 17.1 Å². The number of ketones is 1. The van der Waals surface area contributed by atoms with Gasteiger partial charge in [0.15, 0.2) is 16.8 Å². The quantitative estimate of drug-likeness (QED) is 0.326. The summed E-state index contributed by atoms with van der Waals surface area (Å²) < 4.78 is 28.2. The Kier molecular flexibility index (Phi) is 5.48. The number of carbonyl (C=O) groups is 1. The minimum Gasteiger partial charge on any atom is -0.293 e. The lowest BCUT2D eigenvalue weighted by Crippen LogP contribution is -2.05. The molecule has 4 nitrogen and oxygen atoms in total. The average molecular weight is 407 g/mol. The Bertz CT molecular complexity index is 1130. The fourth-order valence-electron chi connectivity index (χ4n) is 2.81. The summed E-state index contributed by atoms with van der Waals surface area (Å²) in [6, 6.07) is 20.9. The first kappa shape index (κ1) is 19.0. The van der Waals surface area contributed by atoms with E-state index in [0.29, 0.717) is 22.1 Å². The van der Waals surface area contributed by atoms with Crippen molar-refractivity contribution in [2.24, 2.45) is 0 Å². The lowest BCUT2D eigenvalue weighted by Gasteiger charge is -2.10. The van der Waals surface area contributed by atoms with E-state index >= 15 is 0 Å². The van der Waals surface area contributed by atoms with Gasteiger partial charge in [0.2, 0.25) is 0 Å². The molecule has 4 rings (SSSR count). The van der Waals surface area contributed by atoms with Crippen LogP contribution in [0.4, 0.5) is 8.78 Å². The molecule has 0 bridgehead atoms. The van der Waals surface area contributed by atoms with Crippen molar-refractivity contribution < 1.29 is 13.6 Å². The van der Waals surface area contributed by atoms with Crippen LogP contribution in [0.25, 0.3) is 17.1 Å². The highest BCUT2D eigenvalue weighted by Crippen LogP contribution is 2.28. The monoisotopic (exact) mass is 407 g/mol. The fraction of sp³-hybridized carbons (Fsp3) is 0.0455. The van der Waals surface area contributed by atoms with Crippen molar-refractivity contribution in [1.29, 1.82) is 0 Å². The molecule has 0 amide bonds. The number of hydrogen-bond donors (Lipinski definition) is 0. The summed E-state index contributed by atoms with van der Waals surface area (Å²) in [5.41, 5.74) is 1.97. The van der Waals surface area contributed by atoms with Gasteiger partial charge in [-0.25, -0.2) is 8.78 Å². The van der Waals surface area contributed by atoms with Crippen molar-refractivity contribution in [3.63, 3.8) is 0 Å². The van der Waals surface area contributed by atoms with Crippen LogP contribution in [-0.4, -0.2) is 26.3 Å². The van der Waals surface area contributed by atoms with Gasteiger partial charge in [-0.3, -0.25) is 9.36 Å². The number of para-hydroxylation sites is 1. The highest BCUT2D eigenvalue weighted by atomic mass is 32.2. The van der Waals surface area contributed by atoms with Gasteiger partial charge in [0.05, 0.1) is 5.75 Å². The number of halogens is 2. The SMILES string of the molecule is O=C(CSc1nnc(-c2ccc(F)cc2)n1-c1ccccc1)c1ccc(F)cc1.